The Labute approximate surface area is 189 Å². The molecule has 2 bridgehead atoms. The van der Waals surface area contributed by atoms with Gasteiger partial charge in [0.2, 0.25) is 0 Å². The molecule has 2 saturated carbocycles. The molecular weight excluding hydrogens is 441 g/mol. The molecule has 2 unspecified atom stereocenters. The Morgan fingerprint density at radius 2 is 1.79 bits per heavy atom. The molecular formula is C23H27F3N2O5. The molecule has 3 aliphatic rings. The maximum Gasteiger partial charge on any atom is 0.416 e. The van der Waals surface area contributed by atoms with Gasteiger partial charge in [-0.3, -0.25) is 14.4 Å². The van der Waals surface area contributed by atoms with E-state index in [0.717, 1.165) is 31.4 Å². The summed E-state index contributed by atoms with van der Waals surface area (Å²) in [6.45, 7) is 1.21. The largest absolute Gasteiger partial charge is 0.455 e. The Kier molecular flexibility index (Phi) is 6.92. The first-order valence-electron chi connectivity index (χ1n) is 11.3. The topological polar surface area (TPSA) is 84.9 Å². The van der Waals surface area contributed by atoms with Crippen molar-refractivity contribution in [2.75, 3.05) is 43.1 Å². The van der Waals surface area contributed by atoms with Crippen molar-refractivity contribution in [2.24, 2.45) is 17.8 Å². The molecule has 1 heterocycles. The highest BCUT2D eigenvalue weighted by Crippen LogP contribution is 2.40. The molecule has 33 heavy (non-hydrogen) atoms. The van der Waals surface area contributed by atoms with Crippen LogP contribution in [-0.2, 0) is 30.0 Å². The van der Waals surface area contributed by atoms with E-state index < -0.39 is 36.1 Å². The SMILES string of the molecule is O=C(COC(=O)C1CC2CCCC(C1)C2=O)Nc1cc(C(F)(F)F)ccc1N1CCOCC1. The van der Waals surface area contributed by atoms with E-state index in [1.165, 1.54) is 6.07 Å². The zero-order chi connectivity index (χ0) is 23.6. The number of rotatable bonds is 5. The van der Waals surface area contributed by atoms with Gasteiger partial charge in [0.05, 0.1) is 36.1 Å². The molecule has 1 N–H and O–H groups in total. The molecule has 1 aliphatic heterocycles. The summed E-state index contributed by atoms with van der Waals surface area (Å²) in [6, 6.07) is 3.19. The molecule has 10 heteroatoms. The number of nitrogens with one attached hydrogen (secondary N) is 1. The molecule has 1 aromatic rings. The van der Waals surface area contributed by atoms with Crippen LogP contribution in [0.5, 0.6) is 0 Å². The molecule has 7 nitrogen and oxygen atoms in total. The third-order valence-corrected chi connectivity index (χ3v) is 6.68. The lowest BCUT2D eigenvalue weighted by Gasteiger charge is -2.36. The van der Waals surface area contributed by atoms with E-state index in [1.807, 2.05) is 4.90 Å². The Bertz CT molecular complexity index is 898. The fourth-order valence-electron chi connectivity index (χ4n) is 5.01. The number of carbonyl (C=O) groups excluding carboxylic acids is 3. The molecule has 2 aliphatic carbocycles. The minimum absolute atomic E-state index is 0.00516. The summed E-state index contributed by atoms with van der Waals surface area (Å²) in [4.78, 5) is 39.0. The molecule has 0 radical (unpaired) electrons. The number of carbonyl (C=O) groups is 3. The van der Waals surface area contributed by atoms with Crippen LogP contribution in [0.4, 0.5) is 24.5 Å². The maximum atomic E-state index is 13.2. The van der Waals surface area contributed by atoms with E-state index in [-0.39, 0.29) is 23.3 Å². The number of alkyl halides is 3. The second kappa shape index (κ2) is 9.70. The summed E-state index contributed by atoms with van der Waals surface area (Å²) < 4.78 is 50.1. The van der Waals surface area contributed by atoms with Crippen molar-refractivity contribution in [3.8, 4) is 0 Å². The van der Waals surface area contributed by atoms with Crippen molar-refractivity contribution in [3.63, 3.8) is 0 Å². The van der Waals surface area contributed by atoms with Crippen molar-refractivity contribution < 1.29 is 37.0 Å². The van der Waals surface area contributed by atoms with Crippen molar-refractivity contribution in [3.05, 3.63) is 23.8 Å². The highest BCUT2D eigenvalue weighted by molar-refractivity contribution is 5.96. The highest BCUT2D eigenvalue weighted by Gasteiger charge is 2.42. The number of hydrogen-bond donors (Lipinski definition) is 1. The first-order chi connectivity index (χ1) is 15.7. The van der Waals surface area contributed by atoms with E-state index in [2.05, 4.69) is 5.32 Å². The number of anilines is 2. The van der Waals surface area contributed by atoms with Gasteiger partial charge in [-0.1, -0.05) is 6.42 Å². The number of halogens is 3. The fraction of sp³-hybridized carbons (Fsp3) is 0.609. The summed E-state index contributed by atoms with van der Waals surface area (Å²) in [6.07, 6.45) is -1.16. The summed E-state index contributed by atoms with van der Waals surface area (Å²) in [5.41, 5.74) is -0.430. The normalized spacial score (nSPS) is 25.5. The van der Waals surface area contributed by atoms with E-state index in [9.17, 15) is 27.6 Å². The number of benzene rings is 1. The van der Waals surface area contributed by atoms with Gasteiger partial charge in [0.1, 0.15) is 5.78 Å². The van der Waals surface area contributed by atoms with Crippen LogP contribution in [0.2, 0.25) is 0 Å². The Hall–Kier alpha value is -2.62. The molecule has 2 atom stereocenters. The molecule has 3 fully saturated rings. The van der Waals surface area contributed by atoms with Crippen molar-refractivity contribution >= 4 is 29.0 Å². The lowest BCUT2D eigenvalue weighted by atomic mass is 9.67. The van der Waals surface area contributed by atoms with Gasteiger partial charge in [-0.25, -0.2) is 0 Å². The zero-order valence-corrected chi connectivity index (χ0v) is 18.2. The quantitative estimate of drug-likeness (QED) is 0.667. The molecule has 180 valence electrons. The molecule has 1 saturated heterocycles. The van der Waals surface area contributed by atoms with Gasteiger partial charge in [-0.05, 0) is 43.9 Å². The van der Waals surface area contributed by atoms with Crippen LogP contribution >= 0.6 is 0 Å². The van der Waals surface area contributed by atoms with Gasteiger partial charge in [0.15, 0.2) is 6.61 Å². The average Bonchev–Trinajstić information content (AvgIpc) is 2.77. The average molecular weight is 468 g/mol. The minimum atomic E-state index is -4.56. The highest BCUT2D eigenvalue weighted by atomic mass is 19.4. The zero-order valence-electron chi connectivity index (χ0n) is 18.2. The van der Waals surface area contributed by atoms with Crippen molar-refractivity contribution in [1.29, 1.82) is 0 Å². The van der Waals surface area contributed by atoms with Crippen molar-refractivity contribution in [1.82, 2.24) is 0 Å². The monoisotopic (exact) mass is 468 g/mol. The van der Waals surface area contributed by atoms with Gasteiger partial charge < -0.3 is 19.7 Å². The van der Waals surface area contributed by atoms with Crippen LogP contribution in [-0.4, -0.2) is 50.6 Å². The number of ketones is 1. The Morgan fingerprint density at radius 1 is 1.12 bits per heavy atom. The van der Waals surface area contributed by atoms with Crippen LogP contribution in [0.3, 0.4) is 0 Å². The first-order valence-corrected chi connectivity index (χ1v) is 11.3. The summed E-state index contributed by atoms with van der Waals surface area (Å²) in [5, 5.41) is 2.47. The molecule has 1 amide bonds. The minimum Gasteiger partial charge on any atom is -0.455 e. The second-order valence-electron chi connectivity index (χ2n) is 8.88. The summed E-state index contributed by atoms with van der Waals surface area (Å²) in [5.74, 6) is -1.70. The number of nitrogens with zero attached hydrogens (tertiary/aromatic N) is 1. The summed E-state index contributed by atoms with van der Waals surface area (Å²) >= 11 is 0. The number of fused-ring (bicyclic) bond motifs is 2. The maximum absolute atomic E-state index is 13.2. The molecule has 0 aromatic heterocycles. The predicted molar refractivity (Wildman–Crippen MR) is 113 cm³/mol. The number of esters is 1. The van der Waals surface area contributed by atoms with Crippen LogP contribution < -0.4 is 10.2 Å². The van der Waals surface area contributed by atoms with Crippen LogP contribution in [0.25, 0.3) is 0 Å². The number of morpholine rings is 1. The Morgan fingerprint density at radius 3 is 2.42 bits per heavy atom. The predicted octanol–water partition coefficient (Wildman–Crippen LogP) is 3.42. The fourth-order valence-corrected chi connectivity index (χ4v) is 5.01. The smallest absolute Gasteiger partial charge is 0.416 e. The van der Waals surface area contributed by atoms with Crippen LogP contribution in [0.15, 0.2) is 18.2 Å². The lowest BCUT2D eigenvalue weighted by Crippen LogP contribution is -2.40. The summed E-state index contributed by atoms with van der Waals surface area (Å²) in [7, 11) is 0. The third kappa shape index (κ3) is 5.48. The van der Waals surface area contributed by atoms with Crippen molar-refractivity contribution in [2.45, 2.75) is 38.3 Å². The van der Waals surface area contributed by atoms with E-state index >= 15 is 0 Å². The second-order valence-corrected chi connectivity index (χ2v) is 8.88. The van der Waals surface area contributed by atoms with E-state index in [0.29, 0.717) is 44.8 Å². The molecule has 1 aromatic carbocycles. The standard InChI is InChI=1S/C23H27F3N2O5/c24-23(25,26)17-4-5-19(28-6-8-32-9-7-28)18(12-17)27-20(29)13-33-22(31)16-10-14-2-1-3-15(11-16)21(14)30/h4-5,12,14-16H,1-3,6-11,13H2,(H,27,29). The van der Waals surface area contributed by atoms with Gasteiger partial charge in [-0.2, -0.15) is 13.2 Å². The number of hydrogen-bond acceptors (Lipinski definition) is 6. The van der Waals surface area contributed by atoms with Gasteiger partial charge in [0.25, 0.3) is 5.91 Å². The van der Waals surface area contributed by atoms with Gasteiger partial charge >= 0.3 is 12.1 Å². The third-order valence-electron chi connectivity index (χ3n) is 6.68. The van der Waals surface area contributed by atoms with E-state index in [4.69, 9.17) is 9.47 Å². The molecule has 0 spiro atoms. The molecule has 4 rings (SSSR count). The van der Waals surface area contributed by atoms with Gasteiger partial charge in [-0.15, -0.1) is 0 Å². The van der Waals surface area contributed by atoms with Crippen LogP contribution in [0, 0.1) is 17.8 Å². The van der Waals surface area contributed by atoms with E-state index in [1.54, 1.807) is 0 Å². The number of ether oxygens (including phenoxy) is 2. The Balaban J connectivity index is 1.40. The number of amides is 1. The lowest BCUT2D eigenvalue weighted by molar-refractivity contribution is -0.155. The number of Topliss-reactive ketones (excluding diaryl/α,β-unsaturated/α-hetero) is 1. The first kappa shape index (κ1) is 23.5. The van der Waals surface area contributed by atoms with Crippen LogP contribution in [0.1, 0.15) is 37.7 Å². The van der Waals surface area contributed by atoms with Gasteiger partial charge in [0, 0.05) is 24.9 Å².